The van der Waals surface area contributed by atoms with Gasteiger partial charge >= 0.3 is 12.0 Å². The van der Waals surface area contributed by atoms with Crippen molar-refractivity contribution in [2.75, 3.05) is 13.2 Å². The molecule has 0 aromatic heterocycles. The summed E-state index contributed by atoms with van der Waals surface area (Å²) in [6.07, 6.45) is 0.557. The van der Waals surface area contributed by atoms with Gasteiger partial charge in [-0.25, -0.2) is 9.59 Å². The predicted octanol–water partition coefficient (Wildman–Crippen LogP) is 1.85. The van der Waals surface area contributed by atoms with E-state index >= 15 is 0 Å². The van der Waals surface area contributed by atoms with E-state index in [4.69, 9.17) is 14.7 Å². The molecule has 0 saturated heterocycles. The van der Waals surface area contributed by atoms with Gasteiger partial charge in [-0.05, 0) is 37.6 Å². The number of carbonyl (C=O) groups excluding carboxylic acids is 2. The molecule has 0 radical (unpaired) electrons. The molecular weight excluding hydrogens is 310 g/mol. The average Bonchev–Trinajstić information content (AvgIpc) is 2.59. The highest BCUT2D eigenvalue weighted by Crippen LogP contribution is 2.19. The van der Waals surface area contributed by atoms with Gasteiger partial charge in [0.2, 0.25) is 0 Å². The normalized spacial score (nSPS) is 16.7. The second-order valence-electron chi connectivity index (χ2n) is 5.10. The van der Waals surface area contributed by atoms with E-state index in [2.05, 4.69) is 10.6 Å². The monoisotopic (exact) mass is 329 g/mol. The van der Waals surface area contributed by atoms with Crippen LogP contribution in [0.5, 0.6) is 5.75 Å². The van der Waals surface area contributed by atoms with Gasteiger partial charge in [-0.15, -0.1) is 0 Å². The van der Waals surface area contributed by atoms with Crippen LogP contribution in [0.25, 0.3) is 0 Å². The Morgan fingerprint density at radius 1 is 1.29 bits per heavy atom. The first-order valence-corrected chi connectivity index (χ1v) is 7.69. The lowest BCUT2D eigenvalue weighted by atomic mass is 10.0. The minimum Gasteiger partial charge on any atom is -0.487 e. The van der Waals surface area contributed by atoms with Crippen LogP contribution in [0.4, 0.5) is 4.79 Å². The molecule has 1 aliphatic rings. The molecule has 2 N–H and O–H groups in total. The van der Waals surface area contributed by atoms with E-state index in [0.29, 0.717) is 29.0 Å². The van der Waals surface area contributed by atoms with Crippen molar-refractivity contribution >= 4 is 12.0 Å². The topological polar surface area (TPSA) is 100 Å². The molecule has 0 spiro atoms. The maximum atomic E-state index is 12.2. The average molecular weight is 329 g/mol. The lowest BCUT2D eigenvalue weighted by Crippen LogP contribution is -2.51. The second-order valence-corrected chi connectivity index (χ2v) is 5.10. The minimum absolute atomic E-state index is 0.0178. The summed E-state index contributed by atoms with van der Waals surface area (Å²) in [5, 5.41) is 14.1. The van der Waals surface area contributed by atoms with Crippen LogP contribution in [0.3, 0.4) is 0 Å². The van der Waals surface area contributed by atoms with E-state index in [1.807, 2.05) is 13.0 Å². The molecule has 0 fully saturated rings. The first-order valence-electron chi connectivity index (χ1n) is 7.69. The van der Waals surface area contributed by atoms with Crippen LogP contribution in [0.1, 0.15) is 25.8 Å². The van der Waals surface area contributed by atoms with Gasteiger partial charge in [0.15, 0.2) is 0 Å². The number of hydrogen-bond donors (Lipinski definition) is 2. The van der Waals surface area contributed by atoms with Gasteiger partial charge in [-0.1, -0.05) is 6.92 Å². The number of nitrogens with one attached hydrogen (secondary N) is 2. The molecule has 126 valence electrons. The molecule has 0 aliphatic carbocycles. The number of rotatable bonds is 6. The molecule has 7 heteroatoms. The van der Waals surface area contributed by atoms with E-state index in [1.54, 1.807) is 31.2 Å². The first kappa shape index (κ1) is 17.3. The zero-order chi connectivity index (χ0) is 17.5. The number of amides is 2. The first-order chi connectivity index (χ1) is 11.6. The molecule has 2 amide bonds. The van der Waals surface area contributed by atoms with E-state index in [1.165, 1.54) is 0 Å². The largest absolute Gasteiger partial charge is 0.487 e. The molecule has 2 rings (SSSR count). The molecule has 1 aromatic rings. The third kappa shape index (κ3) is 4.04. The van der Waals surface area contributed by atoms with Gasteiger partial charge in [-0.3, -0.25) is 0 Å². The summed E-state index contributed by atoms with van der Waals surface area (Å²) in [5.74, 6) is 0.0563. The predicted molar refractivity (Wildman–Crippen MR) is 86.1 cm³/mol. The Kier molecular flexibility index (Phi) is 5.79. The van der Waals surface area contributed by atoms with E-state index in [-0.39, 0.29) is 19.2 Å². The third-order valence-electron chi connectivity index (χ3n) is 3.51. The van der Waals surface area contributed by atoms with Crippen molar-refractivity contribution in [2.45, 2.75) is 26.3 Å². The van der Waals surface area contributed by atoms with Gasteiger partial charge in [0, 0.05) is 0 Å². The van der Waals surface area contributed by atoms with Crippen LogP contribution in [0, 0.1) is 11.3 Å². The van der Waals surface area contributed by atoms with Crippen molar-refractivity contribution in [3.05, 3.63) is 41.1 Å². The summed E-state index contributed by atoms with van der Waals surface area (Å²) < 4.78 is 10.7. The number of hydrogen-bond acceptors (Lipinski definition) is 5. The van der Waals surface area contributed by atoms with Crippen molar-refractivity contribution < 1.29 is 19.1 Å². The highest BCUT2D eigenvalue weighted by molar-refractivity contribution is 5.94. The van der Waals surface area contributed by atoms with Gasteiger partial charge in [-0.2, -0.15) is 5.26 Å². The highest BCUT2D eigenvalue weighted by Gasteiger charge is 2.31. The van der Waals surface area contributed by atoms with Gasteiger partial charge < -0.3 is 20.1 Å². The van der Waals surface area contributed by atoms with E-state index in [0.717, 1.165) is 0 Å². The summed E-state index contributed by atoms with van der Waals surface area (Å²) >= 11 is 0. The van der Waals surface area contributed by atoms with Gasteiger partial charge in [0.1, 0.15) is 12.4 Å². The fourth-order valence-corrected chi connectivity index (χ4v) is 2.36. The number of nitrogens with zero attached hydrogens (tertiary/aromatic N) is 1. The Labute approximate surface area is 140 Å². The molecular formula is C17H19N3O4. The maximum absolute atomic E-state index is 12.2. The van der Waals surface area contributed by atoms with Crippen LogP contribution in [-0.2, 0) is 9.53 Å². The Morgan fingerprint density at radius 3 is 2.58 bits per heavy atom. The van der Waals surface area contributed by atoms with Crippen molar-refractivity contribution in [3.8, 4) is 11.8 Å². The summed E-state index contributed by atoms with van der Waals surface area (Å²) in [5.41, 5.74) is 1.27. The van der Waals surface area contributed by atoms with Crippen molar-refractivity contribution in [1.82, 2.24) is 10.6 Å². The summed E-state index contributed by atoms with van der Waals surface area (Å²) in [6.45, 7) is 3.86. The smallest absolute Gasteiger partial charge is 0.338 e. The number of urea groups is 1. The summed E-state index contributed by atoms with van der Waals surface area (Å²) in [6, 6.07) is 7.80. The number of carbonyl (C=O) groups is 2. The summed E-state index contributed by atoms with van der Waals surface area (Å²) in [4.78, 5) is 24.0. The van der Waals surface area contributed by atoms with Crippen LogP contribution < -0.4 is 15.4 Å². The molecule has 0 saturated carbocycles. The summed E-state index contributed by atoms with van der Waals surface area (Å²) in [7, 11) is 0. The number of benzene rings is 1. The Bertz CT molecular complexity index is 689. The van der Waals surface area contributed by atoms with Crippen LogP contribution in [0.2, 0.25) is 0 Å². The molecule has 0 bridgehead atoms. The SMILES string of the molecule is CCOC(=O)C1=C(COc2ccc(C#N)cc2)NC(=O)N[C@@H]1CC. The highest BCUT2D eigenvalue weighted by atomic mass is 16.5. The zero-order valence-electron chi connectivity index (χ0n) is 13.6. The number of nitriles is 1. The lowest BCUT2D eigenvalue weighted by Gasteiger charge is -2.28. The van der Waals surface area contributed by atoms with E-state index in [9.17, 15) is 9.59 Å². The molecule has 1 heterocycles. The molecule has 1 aromatic carbocycles. The fourth-order valence-electron chi connectivity index (χ4n) is 2.36. The Morgan fingerprint density at radius 2 is 2.00 bits per heavy atom. The standard InChI is InChI=1S/C17H19N3O4/c1-3-13-15(16(21)23-4-2)14(20-17(22)19-13)10-24-12-7-5-11(9-18)6-8-12/h5-8,13H,3-4,10H2,1-2H3,(H2,19,20,22)/t13-/m1/s1. The Hall–Kier alpha value is -3.01. The van der Waals surface area contributed by atoms with Crippen LogP contribution in [0.15, 0.2) is 35.5 Å². The second kappa shape index (κ2) is 8.02. The Balaban J connectivity index is 2.21. The lowest BCUT2D eigenvalue weighted by molar-refractivity contribution is -0.139. The quantitative estimate of drug-likeness (QED) is 0.776. The minimum atomic E-state index is -0.477. The number of esters is 1. The molecule has 1 aliphatic heterocycles. The van der Waals surface area contributed by atoms with Crippen molar-refractivity contribution in [3.63, 3.8) is 0 Å². The molecule has 24 heavy (non-hydrogen) atoms. The zero-order valence-corrected chi connectivity index (χ0v) is 13.6. The van der Waals surface area contributed by atoms with Gasteiger partial charge in [0.05, 0.1) is 35.6 Å². The third-order valence-corrected chi connectivity index (χ3v) is 3.51. The molecule has 0 unspecified atom stereocenters. The fraction of sp³-hybridized carbons (Fsp3) is 0.353. The molecule has 1 atom stereocenters. The van der Waals surface area contributed by atoms with Crippen molar-refractivity contribution in [2.24, 2.45) is 0 Å². The molecule has 7 nitrogen and oxygen atoms in total. The van der Waals surface area contributed by atoms with Gasteiger partial charge in [0.25, 0.3) is 0 Å². The van der Waals surface area contributed by atoms with Crippen LogP contribution >= 0.6 is 0 Å². The van der Waals surface area contributed by atoms with Crippen LogP contribution in [-0.4, -0.2) is 31.3 Å². The van der Waals surface area contributed by atoms with E-state index < -0.39 is 12.0 Å². The maximum Gasteiger partial charge on any atom is 0.338 e. The van der Waals surface area contributed by atoms with Crippen molar-refractivity contribution in [1.29, 1.82) is 5.26 Å². The number of ether oxygens (including phenoxy) is 2.